The van der Waals surface area contributed by atoms with Crippen LogP contribution in [0.1, 0.15) is 49.6 Å². The first-order valence-electron chi connectivity index (χ1n) is 11.9. The van der Waals surface area contributed by atoms with Gasteiger partial charge in [0.25, 0.3) is 0 Å². The van der Waals surface area contributed by atoms with Crippen molar-refractivity contribution in [3.8, 4) is 11.5 Å². The Bertz CT molecular complexity index is 1410. The van der Waals surface area contributed by atoms with Gasteiger partial charge in [-0.05, 0) is 55.5 Å². The molecule has 2 aliphatic carbocycles. The van der Waals surface area contributed by atoms with Gasteiger partial charge in [-0.3, -0.25) is 4.79 Å². The first-order chi connectivity index (χ1) is 17.0. The molecule has 2 fully saturated rings. The lowest BCUT2D eigenvalue weighted by atomic mass is 9.94. The number of anilines is 1. The number of rotatable bonds is 7. The Morgan fingerprint density at radius 3 is 2.53 bits per heavy atom. The molecule has 2 saturated carbocycles. The van der Waals surface area contributed by atoms with E-state index in [9.17, 15) is 23.8 Å². The van der Waals surface area contributed by atoms with Crippen molar-refractivity contribution in [1.82, 2.24) is 4.57 Å². The fraction of sp³-hybridized carbons (Fsp3) is 0.423. The van der Waals surface area contributed by atoms with Gasteiger partial charge in [0.1, 0.15) is 5.82 Å². The van der Waals surface area contributed by atoms with Gasteiger partial charge in [-0.1, -0.05) is 13.0 Å². The van der Waals surface area contributed by atoms with E-state index < -0.39 is 36.1 Å². The van der Waals surface area contributed by atoms with Crippen LogP contribution in [-0.4, -0.2) is 39.7 Å². The Hall–Kier alpha value is -3.24. The molecule has 0 spiro atoms. The van der Waals surface area contributed by atoms with Crippen LogP contribution in [0.15, 0.2) is 36.4 Å². The van der Waals surface area contributed by atoms with E-state index in [0.29, 0.717) is 29.3 Å². The van der Waals surface area contributed by atoms with Crippen molar-refractivity contribution in [2.75, 3.05) is 11.9 Å². The third-order valence-corrected chi connectivity index (χ3v) is 7.60. The van der Waals surface area contributed by atoms with Gasteiger partial charge in [-0.25, -0.2) is 4.39 Å². The summed E-state index contributed by atoms with van der Waals surface area (Å²) in [5.41, 5.74) is 0.972. The standard InChI is InChI=1S/C26H25F3N2O5.4H2/c1-24(4-5-24)22-9-14-8-18(17(27)11-19(14)31(22)12-16(33)13-32)30-23(34)25(6-7-25)15-2-3-20-21(10-15)36-26(28,29)35-20;;;;/h2-3,8-11,16,32-33H,4-7,12-13H2,1H3,(H,30,34);4*1H/t16-;;;;/m1..../s1. The van der Waals surface area contributed by atoms with Crippen molar-refractivity contribution in [3.63, 3.8) is 0 Å². The predicted molar refractivity (Wildman–Crippen MR) is 132 cm³/mol. The molecule has 1 atom stereocenters. The second kappa shape index (κ2) is 7.63. The summed E-state index contributed by atoms with van der Waals surface area (Å²) in [7, 11) is 0. The van der Waals surface area contributed by atoms with Crippen LogP contribution < -0.4 is 14.8 Å². The smallest absolute Gasteiger partial charge is 0.395 e. The molecule has 3 N–H and O–H groups in total. The Morgan fingerprint density at radius 1 is 1.14 bits per heavy atom. The van der Waals surface area contributed by atoms with E-state index >= 15 is 4.39 Å². The van der Waals surface area contributed by atoms with E-state index in [2.05, 4.69) is 21.7 Å². The molecule has 0 bridgehead atoms. The van der Waals surface area contributed by atoms with Crippen LogP contribution in [0.2, 0.25) is 0 Å². The van der Waals surface area contributed by atoms with Crippen molar-refractivity contribution in [2.45, 2.75) is 62.4 Å². The third kappa shape index (κ3) is 3.70. The number of alkyl halides is 2. The Balaban J connectivity index is 0.00000140. The minimum absolute atomic E-state index is 0. The summed E-state index contributed by atoms with van der Waals surface area (Å²) in [5, 5.41) is 22.8. The summed E-state index contributed by atoms with van der Waals surface area (Å²) in [5.74, 6) is -1.32. The summed E-state index contributed by atoms with van der Waals surface area (Å²) in [6.45, 7) is 1.81. The zero-order valence-corrected chi connectivity index (χ0v) is 19.5. The van der Waals surface area contributed by atoms with Gasteiger partial charge < -0.3 is 29.6 Å². The number of carbonyl (C=O) groups excluding carboxylic acids is 1. The minimum atomic E-state index is -3.75. The number of aliphatic hydroxyl groups excluding tert-OH is 2. The fourth-order valence-electron chi connectivity index (χ4n) is 5.05. The van der Waals surface area contributed by atoms with E-state index in [0.717, 1.165) is 18.5 Å². The van der Waals surface area contributed by atoms with Crippen LogP contribution in [0.4, 0.5) is 18.9 Å². The molecule has 1 amide bonds. The number of aromatic nitrogens is 1. The molecule has 2 heterocycles. The highest BCUT2D eigenvalue weighted by Gasteiger charge is 2.53. The number of hydrogen-bond acceptors (Lipinski definition) is 5. The second-order valence-electron chi connectivity index (χ2n) is 10.3. The summed E-state index contributed by atoms with van der Waals surface area (Å²) in [6, 6.07) is 9.09. The summed E-state index contributed by atoms with van der Waals surface area (Å²) in [4.78, 5) is 13.3. The molecule has 3 aromatic rings. The van der Waals surface area contributed by atoms with Gasteiger partial charge in [0.05, 0.1) is 35.9 Å². The second-order valence-corrected chi connectivity index (χ2v) is 10.3. The van der Waals surface area contributed by atoms with Gasteiger partial charge in [0.15, 0.2) is 11.5 Å². The van der Waals surface area contributed by atoms with Crippen molar-refractivity contribution in [1.29, 1.82) is 0 Å². The average Bonchev–Trinajstić information content (AvgIpc) is 3.73. The molecule has 1 aromatic heterocycles. The van der Waals surface area contributed by atoms with E-state index in [1.165, 1.54) is 18.2 Å². The SMILES string of the molecule is CC1(c2cc3cc(NC(=O)C4(c5ccc6c(c5)OC(F)(F)O6)CC4)c(F)cc3n2C[C@@H](O)CO)CC1.[HH].[HH].[HH].[HH]. The highest BCUT2D eigenvalue weighted by atomic mass is 19.3. The van der Waals surface area contributed by atoms with E-state index in [1.54, 1.807) is 12.1 Å². The fourth-order valence-corrected chi connectivity index (χ4v) is 5.05. The molecule has 2 aromatic carbocycles. The number of fused-ring (bicyclic) bond motifs is 2. The first-order valence-corrected chi connectivity index (χ1v) is 11.9. The molecule has 3 aliphatic rings. The molecule has 36 heavy (non-hydrogen) atoms. The number of carbonyl (C=O) groups is 1. The first kappa shape index (κ1) is 23.2. The number of aliphatic hydroxyl groups is 2. The van der Waals surface area contributed by atoms with E-state index in [-0.39, 0.29) is 34.9 Å². The maximum Gasteiger partial charge on any atom is 0.586 e. The predicted octanol–water partition coefficient (Wildman–Crippen LogP) is 5.16. The van der Waals surface area contributed by atoms with Crippen LogP contribution >= 0.6 is 0 Å². The van der Waals surface area contributed by atoms with Crippen LogP contribution in [0.25, 0.3) is 10.9 Å². The van der Waals surface area contributed by atoms with Crippen LogP contribution in [0.5, 0.6) is 11.5 Å². The number of nitrogens with zero attached hydrogens (tertiary/aromatic N) is 1. The number of nitrogens with one attached hydrogen (secondary N) is 1. The third-order valence-electron chi connectivity index (χ3n) is 7.60. The maximum absolute atomic E-state index is 15.2. The molecular formula is C26H33F3N2O5. The molecule has 0 radical (unpaired) electrons. The van der Waals surface area contributed by atoms with E-state index in [1.807, 2.05) is 10.6 Å². The lowest BCUT2D eigenvalue weighted by molar-refractivity contribution is -0.286. The van der Waals surface area contributed by atoms with Gasteiger partial charge >= 0.3 is 6.29 Å². The van der Waals surface area contributed by atoms with Gasteiger partial charge in [0.2, 0.25) is 5.91 Å². The molecular weight excluding hydrogens is 477 g/mol. The number of benzene rings is 2. The summed E-state index contributed by atoms with van der Waals surface area (Å²) < 4.78 is 52.8. The largest absolute Gasteiger partial charge is 0.586 e. The zero-order chi connectivity index (χ0) is 25.5. The summed E-state index contributed by atoms with van der Waals surface area (Å²) >= 11 is 0. The normalized spacial score (nSPS) is 20.8. The van der Waals surface area contributed by atoms with Crippen molar-refractivity contribution >= 4 is 22.5 Å². The molecule has 0 unspecified atom stereocenters. The summed E-state index contributed by atoms with van der Waals surface area (Å²) in [6.07, 6.45) is -1.84. The van der Waals surface area contributed by atoms with Crippen molar-refractivity contribution < 1.29 is 43.4 Å². The number of halogens is 3. The van der Waals surface area contributed by atoms with Gasteiger partial charge in [0, 0.05) is 28.3 Å². The van der Waals surface area contributed by atoms with Crippen LogP contribution in [0.3, 0.4) is 0 Å². The average molecular weight is 511 g/mol. The monoisotopic (exact) mass is 510 g/mol. The lowest BCUT2D eigenvalue weighted by Gasteiger charge is -2.18. The van der Waals surface area contributed by atoms with Crippen molar-refractivity contribution in [2.24, 2.45) is 0 Å². The molecule has 10 heteroatoms. The lowest BCUT2D eigenvalue weighted by Crippen LogP contribution is -2.28. The van der Waals surface area contributed by atoms with Crippen LogP contribution in [0, 0.1) is 5.82 Å². The topological polar surface area (TPSA) is 93.0 Å². The van der Waals surface area contributed by atoms with Gasteiger partial charge in [-0.2, -0.15) is 0 Å². The molecule has 1 aliphatic heterocycles. The highest BCUT2D eigenvalue weighted by Crippen LogP contribution is 2.53. The molecule has 7 nitrogen and oxygen atoms in total. The van der Waals surface area contributed by atoms with Gasteiger partial charge in [-0.15, -0.1) is 8.78 Å². The number of amides is 1. The Morgan fingerprint density at radius 2 is 1.86 bits per heavy atom. The Kier molecular flexibility index (Phi) is 4.91. The molecule has 198 valence electrons. The Labute approximate surface area is 210 Å². The molecule has 6 rings (SSSR count). The quantitative estimate of drug-likeness (QED) is 0.408. The molecule has 0 saturated heterocycles. The van der Waals surface area contributed by atoms with Crippen molar-refractivity contribution in [3.05, 3.63) is 53.5 Å². The minimum Gasteiger partial charge on any atom is -0.395 e. The van der Waals surface area contributed by atoms with Crippen LogP contribution in [-0.2, 0) is 22.2 Å². The zero-order valence-electron chi connectivity index (χ0n) is 19.5. The highest BCUT2D eigenvalue weighted by molar-refractivity contribution is 6.03. The van der Waals surface area contributed by atoms with E-state index in [4.69, 9.17) is 0 Å². The number of ether oxygens (including phenoxy) is 2. The maximum atomic E-state index is 15.2. The number of hydrogen-bond donors (Lipinski definition) is 3.